The van der Waals surface area contributed by atoms with Crippen LogP contribution in [0.1, 0.15) is 18.6 Å². The van der Waals surface area contributed by atoms with Gasteiger partial charge in [-0.15, -0.1) is 0 Å². The number of nitrogens with zero attached hydrogens (tertiary/aromatic N) is 2. The number of oxime groups is 1. The molecule has 0 fully saturated rings. The molecule has 5 nitrogen and oxygen atoms in total. The lowest BCUT2D eigenvalue weighted by atomic mass is 10.4. The Hall–Kier alpha value is -1.36. The van der Waals surface area contributed by atoms with E-state index in [1.807, 2.05) is 0 Å². The summed E-state index contributed by atoms with van der Waals surface area (Å²) in [7, 11) is 0. The molecular weight excluding hydrogens is 148 g/mol. The molecule has 0 saturated heterocycles. The highest BCUT2D eigenvalue weighted by Gasteiger charge is 2.05. The van der Waals surface area contributed by atoms with Crippen molar-refractivity contribution in [2.24, 2.45) is 5.16 Å². The fourth-order valence-corrected chi connectivity index (χ4v) is 0.591. The van der Waals surface area contributed by atoms with E-state index in [1.54, 1.807) is 6.92 Å². The van der Waals surface area contributed by atoms with E-state index in [4.69, 9.17) is 14.7 Å². The Bertz CT molecular complexity index is 267. The van der Waals surface area contributed by atoms with Crippen LogP contribution in [0.15, 0.2) is 15.8 Å². The average molecular weight is 156 g/mol. The molecule has 0 atom stereocenters. The van der Waals surface area contributed by atoms with Crippen molar-refractivity contribution in [3.8, 4) is 0 Å². The first kappa shape index (κ1) is 7.74. The molecule has 1 aromatic rings. The molecule has 60 valence electrons. The zero-order valence-electron chi connectivity index (χ0n) is 5.98. The van der Waals surface area contributed by atoms with Crippen LogP contribution in [0, 0.1) is 0 Å². The number of hydrogen-bond acceptors (Lipinski definition) is 5. The molecule has 11 heavy (non-hydrogen) atoms. The average Bonchev–Trinajstić information content (AvgIpc) is 2.50. The van der Waals surface area contributed by atoms with E-state index >= 15 is 0 Å². The second-order valence-electron chi connectivity index (χ2n) is 1.98. The molecular formula is C6H8N2O3. The Balaban J connectivity index is 2.89. The minimum atomic E-state index is -0.203. The Morgan fingerprint density at radius 1 is 1.82 bits per heavy atom. The van der Waals surface area contributed by atoms with Gasteiger partial charge in [0.25, 0.3) is 0 Å². The van der Waals surface area contributed by atoms with Gasteiger partial charge in [-0.3, -0.25) is 0 Å². The van der Waals surface area contributed by atoms with Crippen molar-refractivity contribution in [3.05, 3.63) is 17.8 Å². The normalized spacial score (nSPS) is 12.0. The molecule has 0 aromatic carbocycles. The lowest BCUT2D eigenvalue weighted by Crippen LogP contribution is -1.93. The van der Waals surface area contributed by atoms with Gasteiger partial charge in [-0.2, -0.15) is 0 Å². The molecule has 0 amide bonds. The third-order valence-corrected chi connectivity index (χ3v) is 1.17. The van der Waals surface area contributed by atoms with Crippen molar-refractivity contribution in [2.75, 3.05) is 0 Å². The summed E-state index contributed by atoms with van der Waals surface area (Å²) in [4.78, 5) is 3.74. The van der Waals surface area contributed by atoms with Gasteiger partial charge >= 0.3 is 0 Å². The number of hydrogen-bond donors (Lipinski definition) is 2. The molecule has 0 unspecified atom stereocenters. The van der Waals surface area contributed by atoms with E-state index in [0.717, 1.165) is 0 Å². The minimum Gasteiger partial charge on any atom is -0.438 e. The number of aromatic nitrogens is 1. The summed E-state index contributed by atoms with van der Waals surface area (Å²) in [6, 6.07) is 0. The van der Waals surface area contributed by atoms with Gasteiger partial charge in [-0.05, 0) is 6.92 Å². The van der Waals surface area contributed by atoms with E-state index in [9.17, 15) is 0 Å². The molecule has 0 aliphatic carbocycles. The fraction of sp³-hybridized carbons (Fsp3) is 0.333. The smallest absolute Gasteiger partial charge is 0.244 e. The van der Waals surface area contributed by atoms with Crippen LogP contribution < -0.4 is 0 Å². The second kappa shape index (κ2) is 3.16. The van der Waals surface area contributed by atoms with Crippen molar-refractivity contribution >= 4 is 5.71 Å². The molecule has 2 N–H and O–H groups in total. The van der Waals surface area contributed by atoms with E-state index in [0.29, 0.717) is 5.76 Å². The number of oxazole rings is 1. The maximum Gasteiger partial charge on any atom is 0.244 e. The van der Waals surface area contributed by atoms with Crippen molar-refractivity contribution < 1.29 is 14.7 Å². The van der Waals surface area contributed by atoms with Crippen molar-refractivity contribution in [1.29, 1.82) is 0 Å². The van der Waals surface area contributed by atoms with Gasteiger partial charge in [-0.1, -0.05) is 5.16 Å². The summed E-state index contributed by atoms with van der Waals surface area (Å²) in [6.07, 6.45) is 1.38. The highest BCUT2D eigenvalue weighted by atomic mass is 16.4. The third-order valence-electron chi connectivity index (χ3n) is 1.17. The Kier molecular flexibility index (Phi) is 2.22. The van der Waals surface area contributed by atoms with Gasteiger partial charge in [0.1, 0.15) is 18.1 Å². The summed E-state index contributed by atoms with van der Waals surface area (Å²) in [6.45, 7) is 1.35. The van der Waals surface area contributed by atoms with Crippen LogP contribution in [-0.2, 0) is 6.61 Å². The molecule has 0 spiro atoms. The van der Waals surface area contributed by atoms with Crippen LogP contribution in [0.3, 0.4) is 0 Å². The maximum absolute atomic E-state index is 8.57. The summed E-state index contributed by atoms with van der Waals surface area (Å²) in [5.74, 6) is 0.569. The van der Waals surface area contributed by atoms with Crippen molar-refractivity contribution in [1.82, 2.24) is 4.98 Å². The van der Waals surface area contributed by atoms with E-state index in [2.05, 4.69) is 10.1 Å². The van der Waals surface area contributed by atoms with Gasteiger partial charge in [0, 0.05) is 0 Å². The SMILES string of the molecule is C/C(=N\O)c1ncc(CO)o1. The van der Waals surface area contributed by atoms with Gasteiger partial charge in [0.2, 0.25) is 5.89 Å². The third kappa shape index (κ3) is 1.56. The molecule has 0 radical (unpaired) electrons. The number of rotatable bonds is 2. The van der Waals surface area contributed by atoms with Crippen LogP contribution in [-0.4, -0.2) is 21.0 Å². The van der Waals surface area contributed by atoms with Gasteiger partial charge < -0.3 is 14.7 Å². The van der Waals surface area contributed by atoms with Crippen molar-refractivity contribution in [3.63, 3.8) is 0 Å². The van der Waals surface area contributed by atoms with Crippen LogP contribution >= 0.6 is 0 Å². The monoisotopic (exact) mass is 156 g/mol. The molecule has 1 aromatic heterocycles. The van der Waals surface area contributed by atoms with E-state index in [1.165, 1.54) is 6.20 Å². The lowest BCUT2D eigenvalue weighted by molar-refractivity contribution is 0.246. The van der Waals surface area contributed by atoms with Crippen LogP contribution in [0.4, 0.5) is 0 Å². The van der Waals surface area contributed by atoms with Gasteiger partial charge in [0.05, 0.1) is 6.20 Å². The Morgan fingerprint density at radius 2 is 2.55 bits per heavy atom. The molecule has 0 bridgehead atoms. The topological polar surface area (TPSA) is 78.9 Å². The molecule has 5 heteroatoms. The summed E-state index contributed by atoms with van der Waals surface area (Å²) < 4.78 is 4.93. The standard InChI is InChI=1S/C6H8N2O3/c1-4(8-10)6-7-2-5(3-9)11-6/h2,9-10H,3H2,1H3/b8-4+. The first-order chi connectivity index (χ1) is 5.27. The summed E-state index contributed by atoms with van der Waals surface area (Å²) in [5.41, 5.74) is 0.282. The lowest BCUT2D eigenvalue weighted by Gasteiger charge is -1.87. The van der Waals surface area contributed by atoms with E-state index < -0.39 is 0 Å². The number of aliphatic hydroxyl groups is 1. The van der Waals surface area contributed by atoms with Crippen molar-refractivity contribution in [2.45, 2.75) is 13.5 Å². The minimum absolute atomic E-state index is 0.203. The quantitative estimate of drug-likeness (QED) is 0.368. The Labute approximate surface area is 63.0 Å². The second-order valence-corrected chi connectivity index (χ2v) is 1.98. The van der Waals surface area contributed by atoms with Crippen LogP contribution in [0.5, 0.6) is 0 Å². The van der Waals surface area contributed by atoms with E-state index in [-0.39, 0.29) is 18.2 Å². The highest BCUT2D eigenvalue weighted by molar-refractivity contribution is 5.93. The predicted octanol–water partition coefficient (Wildman–Crippen LogP) is 0.365. The van der Waals surface area contributed by atoms with Gasteiger partial charge in [0.15, 0.2) is 0 Å². The van der Waals surface area contributed by atoms with Gasteiger partial charge in [-0.25, -0.2) is 4.98 Å². The molecule has 1 rings (SSSR count). The fourth-order valence-electron chi connectivity index (χ4n) is 0.591. The van der Waals surface area contributed by atoms with Crippen LogP contribution in [0.25, 0.3) is 0 Å². The predicted molar refractivity (Wildman–Crippen MR) is 36.4 cm³/mol. The maximum atomic E-state index is 8.57. The first-order valence-corrected chi connectivity index (χ1v) is 3.02. The molecule has 0 aliphatic rings. The largest absolute Gasteiger partial charge is 0.438 e. The highest BCUT2D eigenvalue weighted by Crippen LogP contribution is 2.03. The summed E-state index contributed by atoms with van der Waals surface area (Å²) in [5, 5.41) is 19.8. The number of aliphatic hydroxyl groups excluding tert-OH is 1. The molecule has 1 heterocycles. The zero-order valence-corrected chi connectivity index (χ0v) is 5.98. The zero-order chi connectivity index (χ0) is 8.27. The van der Waals surface area contributed by atoms with Crippen LogP contribution in [0.2, 0.25) is 0 Å². The molecule has 0 saturated carbocycles. The Morgan fingerprint density at radius 3 is 3.00 bits per heavy atom. The summed E-state index contributed by atoms with van der Waals surface area (Å²) >= 11 is 0. The molecule has 0 aliphatic heterocycles. The first-order valence-electron chi connectivity index (χ1n) is 3.02.